The standard InChI is InChI=1S/C25H36N2O4Si.ClH/c1-6-25(28)27-22-16-14-21(15-17-22)23-12-10-11-13-24(23)26-19-18-20(5)32(29-7-2,30-8-3)31-9-4;/h6,10-17,20,26H,1,7-9,18-19H2,2-5H3,(H,27,28);1H. The van der Waals surface area contributed by atoms with E-state index in [1.807, 2.05) is 57.2 Å². The van der Waals surface area contributed by atoms with Gasteiger partial charge < -0.3 is 23.9 Å². The summed E-state index contributed by atoms with van der Waals surface area (Å²) in [7, 11) is -2.72. The van der Waals surface area contributed by atoms with Crippen LogP contribution in [0.25, 0.3) is 11.1 Å². The monoisotopic (exact) mass is 492 g/mol. The van der Waals surface area contributed by atoms with Gasteiger partial charge in [-0.15, -0.1) is 12.4 Å². The summed E-state index contributed by atoms with van der Waals surface area (Å²) in [6.07, 6.45) is 2.13. The number of benzene rings is 2. The quantitative estimate of drug-likeness (QED) is 0.245. The van der Waals surface area contributed by atoms with E-state index >= 15 is 0 Å². The lowest BCUT2D eigenvalue weighted by Crippen LogP contribution is -2.50. The van der Waals surface area contributed by atoms with E-state index in [1.54, 1.807) is 0 Å². The predicted molar refractivity (Wildman–Crippen MR) is 141 cm³/mol. The molecule has 1 amide bonds. The molecule has 0 bridgehead atoms. The number of halogens is 1. The average Bonchev–Trinajstić information content (AvgIpc) is 2.80. The van der Waals surface area contributed by atoms with Gasteiger partial charge in [0.15, 0.2) is 0 Å². The zero-order chi connectivity index (χ0) is 23.4. The van der Waals surface area contributed by atoms with Gasteiger partial charge in [0.25, 0.3) is 0 Å². The number of carbonyl (C=O) groups is 1. The Labute approximate surface area is 205 Å². The van der Waals surface area contributed by atoms with Gasteiger partial charge in [-0.2, -0.15) is 0 Å². The minimum atomic E-state index is -2.72. The Bertz CT molecular complexity index is 847. The summed E-state index contributed by atoms with van der Waals surface area (Å²) in [5, 5.41) is 6.34. The van der Waals surface area contributed by atoms with Crippen molar-refractivity contribution in [2.75, 3.05) is 37.0 Å². The zero-order valence-corrected chi connectivity index (χ0v) is 21.9. The van der Waals surface area contributed by atoms with Gasteiger partial charge >= 0.3 is 8.80 Å². The molecule has 0 saturated heterocycles. The van der Waals surface area contributed by atoms with Crippen LogP contribution in [0.15, 0.2) is 61.2 Å². The Balaban J connectivity index is 0.00000544. The molecule has 2 aromatic rings. The van der Waals surface area contributed by atoms with Crippen molar-refractivity contribution in [1.82, 2.24) is 0 Å². The van der Waals surface area contributed by atoms with Crippen molar-refractivity contribution in [1.29, 1.82) is 0 Å². The van der Waals surface area contributed by atoms with Crippen LogP contribution in [-0.2, 0) is 18.1 Å². The van der Waals surface area contributed by atoms with Crippen LogP contribution in [0.4, 0.5) is 11.4 Å². The third kappa shape index (κ3) is 8.28. The van der Waals surface area contributed by atoms with Crippen molar-refractivity contribution in [3.63, 3.8) is 0 Å². The lowest BCUT2D eigenvalue weighted by Gasteiger charge is -2.33. The number of nitrogens with one attached hydrogen (secondary N) is 2. The van der Waals surface area contributed by atoms with Crippen LogP contribution in [0.1, 0.15) is 34.1 Å². The molecule has 2 rings (SSSR count). The Morgan fingerprint density at radius 2 is 1.58 bits per heavy atom. The van der Waals surface area contributed by atoms with E-state index in [0.29, 0.717) is 19.8 Å². The molecule has 2 aromatic carbocycles. The van der Waals surface area contributed by atoms with Crippen molar-refractivity contribution in [3.05, 3.63) is 61.2 Å². The summed E-state index contributed by atoms with van der Waals surface area (Å²) in [4.78, 5) is 11.5. The molecule has 0 aromatic heterocycles. The molecular formula is C25H37ClN2O4Si. The highest BCUT2D eigenvalue weighted by molar-refractivity contribution is 6.62. The molecule has 182 valence electrons. The largest absolute Gasteiger partial charge is 0.503 e. The van der Waals surface area contributed by atoms with Crippen LogP contribution < -0.4 is 10.6 Å². The first-order valence-electron chi connectivity index (χ1n) is 11.3. The van der Waals surface area contributed by atoms with Crippen LogP contribution in [0.2, 0.25) is 5.54 Å². The van der Waals surface area contributed by atoms with Crippen LogP contribution >= 0.6 is 12.4 Å². The number of para-hydroxylation sites is 1. The highest BCUT2D eigenvalue weighted by atomic mass is 35.5. The van der Waals surface area contributed by atoms with Gasteiger partial charge in [-0.25, -0.2) is 0 Å². The van der Waals surface area contributed by atoms with Crippen molar-refractivity contribution >= 4 is 38.5 Å². The van der Waals surface area contributed by atoms with Crippen LogP contribution in [-0.4, -0.2) is 41.1 Å². The summed E-state index contributed by atoms with van der Waals surface area (Å²) in [6, 6.07) is 16.0. The predicted octanol–water partition coefficient (Wildman–Crippen LogP) is 6.14. The topological polar surface area (TPSA) is 68.8 Å². The second-order valence-corrected chi connectivity index (χ2v) is 10.4. The van der Waals surface area contributed by atoms with Crippen LogP contribution in [0.5, 0.6) is 0 Å². The number of carbonyl (C=O) groups excluding carboxylic acids is 1. The molecule has 6 nitrogen and oxygen atoms in total. The van der Waals surface area contributed by atoms with Crippen molar-refractivity contribution in [2.24, 2.45) is 0 Å². The number of hydrogen-bond acceptors (Lipinski definition) is 5. The highest BCUT2D eigenvalue weighted by Crippen LogP contribution is 2.31. The van der Waals surface area contributed by atoms with E-state index in [2.05, 4.69) is 36.3 Å². The molecule has 8 heteroatoms. The fraction of sp³-hybridized carbons (Fsp3) is 0.400. The molecule has 0 spiro atoms. The zero-order valence-electron chi connectivity index (χ0n) is 20.1. The van der Waals surface area contributed by atoms with E-state index < -0.39 is 8.80 Å². The van der Waals surface area contributed by atoms with Crippen molar-refractivity contribution < 1.29 is 18.1 Å². The van der Waals surface area contributed by atoms with Crippen LogP contribution in [0, 0.1) is 0 Å². The average molecular weight is 493 g/mol. The Morgan fingerprint density at radius 3 is 2.12 bits per heavy atom. The van der Waals surface area contributed by atoms with E-state index in [0.717, 1.165) is 35.5 Å². The summed E-state index contributed by atoms with van der Waals surface area (Å²) in [6.45, 7) is 14.1. The fourth-order valence-corrected chi connectivity index (χ4v) is 6.38. The molecule has 0 saturated carbocycles. The lowest BCUT2D eigenvalue weighted by molar-refractivity contribution is -0.111. The van der Waals surface area contributed by atoms with E-state index in [4.69, 9.17) is 13.3 Å². The van der Waals surface area contributed by atoms with Crippen molar-refractivity contribution in [3.8, 4) is 11.1 Å². The third-order valence-corrected chi connectivity index (χ3v) is 8.68. The molecule has 0 aliphatic carbocycles. The minimum Gasteiger partial charge on any atom is -0.385 e. The lowest BCUT2D eigenvalue weighted by atomic mass is 10.0. The van der Waals surface area contributed by atoms with Crippen molar-refractivity contribution in [2.45, 2.75) is 39.7 Å². The molecule has 1 atom stereocenters. The normalized spacial score (nSPS) is 11.9. The molecular weight excluding hydrogens is 456 g/mol. The van der Waals surface area contributed by atoms with E-state index in [9.17, 15) is 4.79 Å². The molecule has 33 heavy (non-hydrogen) atoms. The Kier molecular flexibility index (Phi) is 13.0. The van der Waals surface area contributed by atoms with Gasteiger partial charge in [-0.3, -0.25) is 4.79 Å². The summed E-state index contributed by atoms with van der Waals surface area (Å²) >= 11 is 0. The Hall–Kier alpha value is -2.16. The van der Waals surface area contributed by atoms with Gasteiger partial charge in [0.2, 0.25) is 5.91 Å². The molecule has 0 heterocycles. The Morgan fingerprint density at radius 1 is 1.00 bits per heavy atom. The molecule has 1 unspecified atom stereocenters. The van der Waals surface area contributed by atoms with E-state index in [1.165, 1.54) is 6.08 Å². The molecule has 0 aliphatic rings. The number of rotatable bonds is 14. The van der Waals surface area contributed by atoms with E-state index in [-0.39, 0.29) is 23.9 Å². The van der Waals surface area contributed by atoms with Gasteiger partial charge in [-0.1, -0.05) is 43.8 Å². The third-order valence-electron chi connectivity index (χ3n) is 5.11. The second kappa shape index (κ2) is 14.9. The number of anilines is 2. The van der Waals surface area contributed by atoms with Gasteiger partial charge in [0.05, 0.1) is 0 Å². The first kappa shape index (κ1) is 28.9. The van der Waals surface area contributed by atoms with Gasteiger partial charge in [0.1, 0.15) is 0 Å². The van der Waals surface area contributed by atoms with Gasteiger partial charge in [0, 0.05) is 48.8 Å². The minimum absolute atomic E-state index is 0. The highest BCUT2D eigenvalue weighted by Gasteiger charge is 2.46. The first-order chi connectivity index (χ1) is 15.5. The molecule has 0 fully saturated rings. The number of amides is 1. The summed E-state index contributed by atoms with van der Waals surface area (Å²) in [5.41, 5.74) is 4.14. The fourth-order valence-electron chi connectivity index (χ4n) is 3.57. The number of hydrogen-bond donors (Lipinski definition) is 2. The van der Waals surface area contributed by atoms with Gasteiger partial charge in [-0.05, 0) is 57.0 Å². The maximum atomic E-state index is 11.5. The molecule has 0 aliphatic heterocycles. The smallest absolute Gasteiger partial charge is 0.385 e. The maximum absolute atomic E-state index is 11.5. The molecule has 0 radical (unpaired) electrons. The summed E-state index contributed by atoms with van der Waals surface area (Å²) < 4.78 is 18.1. The van der Waals surface area contributed by atoms with Crippen LogP contribution in [0.3, 0.4) is 0 Å². The summed E-state index contributed by atoms with van der Waals surface area (Å²) in [5.74, 6) is -0.222. The maximum Gasteiger partial charge on any atom is 0.503 e. The second-order valence-electron chi connectivity index (χ2n) is 7.34. The first-order valence-corrected chi connectivity index (χ1v) is 13.1. The molecule has 2 N–H and O–H groups in total. The SMILES string of the molecule is C=CC(=O)Nc1ccc(-c2ccccc2NCCC(C)[Si](OCC)(OCC)OCC)cc1.Cl.